The molecule has 1 aliphatic rings. The number of rotatable bonds is 3. The molecule has 1 aliphatic heterocycles. The maximum Gasteiger partial charge on any atom is 0.141 e. The molecule has 0 aromatic heterocycles. The van der Waals surface area contributed by atoms with E-state index in [0.717, 1.165) is 27.5 Å². The van der Waals surface area contributed by atoms with Crippen LogP contribution in [0.5, 0.6) is 0 Å². The minimum atomic E-state index is -0.236. The maximum absolute atomic E-state index is 12.9. The molecule has 0 radical (unpaired) electrons. The summed E-state index contributed by atoms with van der Waals surface area (Å²) in [7, 11) is 0. The maximum atomic E-state index is 12.9. The number of nitrogens with zero attached hydrogens (tertiary/aromatic N) is 1. The molecule has 0 saturated carbocycles. The van der Waals surface area contributed by atoms with E-state index >= 15 is 0 Å². The van der Waals surface area contributed by atoms with E-state index in [0.29, 0.717) is 6.54 Å². The average molecular weight is 381 g/mol. The zero-order chi connectivity index (χ0) is 14.1. The number of hydrogen-bond donors (Lipinski definition) is 0. The van der Waals surface area contributed by atoms with Gasteiger partial charge in [0.2, 0.25) is 0 Å². The predicted octanol–water partition coefficient (Wildman–Crippen LogP) is 3.69. The van der Waals surface area contributed by atoms with Gasteiger partial charge in [-0.3, -0.25) is 4.90 Å². The lowest BCUT2D eigenvalue weighted by molar-refractivity contribution is -0.112. The van der Waals surface area contributed by atoms with Crippen molar-refractivity contribution < 1.29 is 9.18 Å². The normalized spacial score (nSPS) is 18.0. The Balaban J connectivity index is 1.87. The van der Waals surface area contributed by atoms with E-state index in [1.807, 2.05) is 12.1 Å². The van der Waals surface area contributed by atoms with E-state index in [1.54, 1.807) is 12.1 Å². The highest BCUT2D eigenvalue weighted by molar-refractivity contribution is 14.1. The van der Waals surface area contributed by atoms with Crippen LogP contribution < -0.4 is 0 Å². The summed E-state index contributed by atoms with van der Waals surface area (Å²) in [4.78, 5) is 13.6. The van der Waals surface area contributed by atoms with E-state index in [-0.39, 0.29) is 11.9 Å². The number of carbonyl (C=O) groups is 1. The van der Waals surface area contributed by atoms with Gasteiger partial charge in [0.25, 0.3) is 0 Å². The predicted molar refractivity (Wildman–Crippen MR) is 83.6 cm³/mol. The fraction of sp³-hybridized carbons (Fsp3) is 0.188. The van der Waals surface area contributed by atoms with Crippen LogP contribution in [0.1, 0.15) is 22.7 Å². The first-order valence-electron chi connectivity index (χ1n) is 6.40. The van der Waals surface area contributed by atoms with Crippen LogP contribution in [0.4, 0.5) is 4.39 Å². The number of fused-ring (bicyclic) bond motifs is 1. The summed E-state index contributed by atoms with van der Waals surface area (Å²) < 4.78 is 14.1. The van der Waals surface area contributed by atoms with Gasteiger partial charge in [0.15, 0.2) is 0 Å². The van der Waals surface area contributed by atoms with Crippen LogP contribution in [0.15, 0.2) is 42.5 Å². The Labute approximate surface area is 130 Å². The first-order chi connectivity index (χ1) is 9.69. The average Bonchev–Trinajstić information content (AvgIpc) is 2.80. The number of carbonyl (C=O) groups excluding carboxylic acids is 1. The Morgan fingerprint density at radius 1 is 1.25 bits per heavy atom. The number of aldehydes is 1. The fourth-order valence-corrected chi connectivity index (χ4v) is 3.56. The van der Waals surface area contributed by atoms with Gasteiger partial charge in [-0.25, -0.2) is 4.39 Å². The lowest BCUT2D eigenvalue weighted by Gasteiger charge is -2.20. The molecule has 102 valence electrons. The minimum absolute atomic E-state index is 0.205. The SMILES string of the molecule is O=CC1c2c(I)cccc2CN1Cc1ccc(F)cc1. The van der Waals surface area contributed by atoms with E-state index < -0.39 is 0 Å². The highest BCUT2D eigenvalue weighted by atomic mass is 127. The summed E-state index contributed by atoms with van der Waals surface area (Å²) >= 11 is 2.27. The van der Waals surface area contributed by atoms with Gasteiger partial charge in [-0.05, 0) is 57.5 Å². The van der Waals surface area contributed by atoms with E-state index in [9.17, 15) is 9.18 Å². The smallest absolute Gasteiger partial charge is 0.141 e. The summed E-state index contributed by atoms with van der Waals surface area (Å²) in [5.74, 6) is -0.236. The molecule has 0 bridgehead atoms. The molecular weight excluding hydrogens is 368 g/mol. The fourth-order valence-electron chi connectivity index (χ4n) is 2.68. The van der Waals surface area contributed by atoms with Gasteiger partial charge in [-0.2, -0.15) is 0 Å². The van der Waals surface area contributed by atoms with Crippen LogP contribution in [0.3, 0.4) is 0 Å². The van der Waals surface area contributed by atoms with Crippen molar-refractivity contribution in [3.05, 3.63) is 68.5 Å². The molecule has 0 amide bonds. The van der Waals surface area contributed by atoms with Crippen LogP contribution in [-0.2, 0) is 17.9 Å². The van der Waals surface area contributed by atoms with Gasteiger partial charge in [0.1, 0.15) is 12.1 Å². The molecule has 1 atom stereocenters. The third kappa shape index (κ3) is 2.50. The third-order valence-electron chi connectivity index (χ3n) is 3.63. The monoisotopic (exact) mass is 381 g/mol. The van der Waals surface area contributed by atoms with Crippen molar-refractivity contribution in [3.63, 3.8) is 0 Å². The lowest BCUT2D eigenvalue weighted by atomic mass is 10.1. The summed E-state index contributed by atoms with van der Waals surface area (Å²) in [6.45, 7) is 1.40. The molecule has 0 N–H and O–H groups in total. The Morgan fingerprint density at radius 3 is 2.70 bits per heavy atom. The van der Waals surface area contributed by atoms with Crippen molar-refractivity contribution in [3.8, 4) is 0 Å². The molecule has 1 unspecified atom stereocenters. The molecule has 2 aromatic carbocycles. The van der Waals surface area contributed by atoms with E-state index in [2.05, 4.69) is 33.6 Å². The van der Waals surface area contributed by atoms with Gasteiger partial charge < -0.3 is 4.79 Å². The van der Waals surface area contributed by atoms with Gasteiger partial charge in [0.05, 0.1) is 6.04 Å². The van der Waals surface area contributed by atoms with Crippen LogP contribution in [0.25, 0.3) is 0 Å². The molecule has 2 aromatic rings. The van der Waals surface area contributed by atoms with Crippen molar-refractivity contribution in [2.75, 3.05) is 0 Å². The quantitative estimate of drug-likeness (QED) is 0.597. The summed E-state index contributed by atoms with van der Waals surface area (Å²) in [6.07, 6.45) is 0.998. The molecular formula is C16H13FINO. The molecule has 1 heterocycles. The number of benzene rings is 2. The first kappa shape index (κ1) is 13.7. The van der Waals surface area contributed by atoms with Gasteiger partial charge in [0, 0.05) is 16.7 Å². The van der Waals surface area contributed by atoms with Crippen molar-refractivity contribution in [1.82, 2.24) is 4.90 Å². The molecule has 4 heteroatoms. The Kier molecular flexibility index (Phi) is 3.85. The van der Waals surface area contributed by atoms with E-state index in [4.69, 9.17) is 0 Å². The largest absolute Gasteiger partial charge is 0.301 e. The van der Waals surface area contributed by atoms with Crippen LogP contribution >= 0.6 is 22.6 Å². The molecule has 2 nitrogen and oxygen atoms in total. The Morgan fingerprint density at radius 2 is 2.00 bits per heavy atom. The first-order valence-corrected chi connectivity index (χ1v) is 7.48. The highest BCUT2D eigenvalue weighted by Gasteiger charge is 2.31. The van der Waals surface area contributed by atoms with Crippen molar-refractivity contribution in [2.45, 2.75) is 19.1 Å². The molecule has 0 saturated heterocycles. The standard InChI is InChI=1S/C16H13FINO/c17-13-6-4-11(5-7-13)8-19-9-12-2-1-3-14(18)16(12)15(19)10-20/h1-7,10,15H,8-9H2. The highest BCUT2D eigenvalue weighted by Crippen LogP contribution is 2.36. The van der Waals surface area contributed by atoms with Gasteiger partial charge in [-0.15, -0.1) is 0 Å². The second-order valence-corrected chi connectivity index (χ2v) is 6.09. The minimum Gasteiger partial charge on any atom is -0.301 e. The van der Waals surface area contributed by atoms with Gasteiger partial charge in [-0.1, -0.05) is 24.3 Å². The zero-order valence-electron chi connectivity index (χ0n) is 10.7. The molecule has 20 heavy (non-hydrogen) atoms. The van der Waals surface area contributed by atoms with Crippen molar-refractivity contribution in [1.29, 1.82) is 0 Å². The van der Waals surface area contributed by atoms with E-state index in [1.165, 1.54) is 17.7 Å². The lowest BCUT2D eigenvalue weighted by Crippen LogP contribution is -2.22. The Bertz CT molecular complexity index is 641. The Hall–Kier alpha value is -1.27. The number of hydrogen-bond acceptors (Lipinski definition) is 2. The van der Waals surface area contributed by atoms with Gasteiger partial charge >= 0.3 is 0 Å². The number of halogens is 2. The second-order valence-electron chi connectivity index (χ2n) is 4.93. The third-order valence-corrected chi connectivity index (χ3v) is 4.57. The molecule has 3 rings (SSSR count). The van der Waals surface area contributed by atoms with Crippen LogP contribution in [0, 0.1) is 9.39 Å². The van der Waals surface area contributed by atoms with Crippen LogP contribution in [0.2, 0.25) is 0 Å². The molecule has 0 aliphatic carbocycles. The summed E-state index contributed by atoms with van der Waals surface area (Å²) in [5.41, 5.74) is 3.34. The summed E-state index contributed by atoms with van der Waals surface area (Å²) in [5, 5.41) is 0. The zero-order valence-corrected chi connectivity index (χ0v) is 12.9. The topological polar surface area (TPSA) is 20.3 Å². The van der Waals surface area contributed by atoms with Crippen molar-refractivity contribution in [2.24, 2.45) is 0 Å². The second kappa shape index (κ2) is 5.61. The van der Waals surface area contributed by atoms with Crippen molar-refractivity contribution >= 4 is 28.9 Å². The summed E-state index contributed by atoms with van der Waals surface area (Å²) in [6, 6.07) is 12.4. The molecule has 0 fully saturated rings. The van der Waals surface area contributed by atoms with Crippen LogP contribution in [-0.4, -0.2) is 11.2 Å². The molecule has 0 spiro atoms.